The van der Waals surface area contributed by atoms with Crippen molar-refractivity contribution in [3.05, 3.63) is 89.2 Å². The molecule has 0 radical (unpaired) electrons. The highest BCUT2D eigenvalue weighted by molar-refractivity contribution is 6.99. The summed E-state index contributed by atoms with van der Waals surface area (Å²) in [7, 11) is -2.62. The Morgan fingerprint density at radius 2 is 1.57 bits per heavy atom. The van der Waals surface area contributed by atoms with E-state index in [1.165, 1.54) is 10.4 Å². The summed E-state index contributed by atoms with van der Waals surface area (Å²) < 4.78 is 7.01. The molecule has 1 aromatic heterocycles. The van der Waals surface area contributed by atoms with Gasteiger partial charge in [-0.1, -0.05) is 93.0 Å². The molecule has 0 amide bonds. The Morgan fingerprint density at radius 3 is 2.07 bits per heavy atom. The van der Waals surface area contributed by atoms with E-state index in [9.17, 15) is 5.11 Å². The van der Waals surface area contributed by atoms with Gasteiger partial charge in [0, 0.05) is 18.7 Å². The normalized spacial score (nSPS) is 19.0. The largest absolute Gasteiger partial charge is 0.407 e. The summed E-state index contributed by atoms with van der Waals surface area (Å²) in [5.74, 6) is -0.0386. The summed E-state index contributed by atoms with van der Waals surface area (Å²) in [6.45, 7) is 7.26. The van der Waals surface area contributed by atoms with Crippen LogP contribution in [0.1, 0.15) is 38.0 Å². The smallest absolute Gasteiger partial charge is 0.261 e. The van der Waals surface area contributed by atoms with Crippen molar-refractivity contribution in [2.45, 2.75) is 38.3 Å². The molecule has 3 aromatic rings. The molecule has 5 heteroatoms. The molecule has 30 heavy (non-hydrogen) atoms. The molecule has 1 heterocycles. The summed E-state index contributed by atoms with van der Waals surface area (Å²) in [5.41, 5.74) is 1.83. The van der Waals surface area contributed by atoms with Crippen molar-refractivity contribution in [1.82, 2.24) is 4.98 Å². The first-order valence-corrected chi connectivity index (χ1v) is 12.7. The zero-order chi connectivity index (χ0) is 21.4. The number of nitrogens with zero attached hydrogens (tertiary/aromatic N) is 1. The first-order chi connectivity index (χ1) is 14.3. The fourth-order valence-electron chi connectivity index (χ4n) is 4.73. The van der Waals surface area contributed by atoms with Crippen LogP contribution in [0.15, 0.2) is 72.9 Å². The summed E-state index contributed by atoms with van der Waals surface area (Å²) in [6, 6.07) is 23.0. The van der Waals surface area contributed by atoms with Crippen LogP contribution in [-0.2, 0) is 10.8 Å². The predicted octanol–water partition coefficient (Wildman–Crippen LogP) is 4.52. The number of hydrogen-bond acceptors (Lipinski definition) is 3. The van der Waals surface area contributed by atoms with E-state index in [2.05, 4.69) is 74.3 Å². The number of fused-ring (bicyclic) bond motifs is 1. The van der Waals surface area contributed by atoms with Crippen LogP contribution in [0, 0.1) is 5.92 Å². The van der Waals surface area contributed by atoms with Crippen molar-refractivity contribution in [3.8, 4) is 0 Å². The molecule has 1 N–H and O–H groups in total. The standard InChI is InChI=1S/C25H28ClNO2Si/c1-25(2,3)30(19-10-6-4-7-11-19,20-12-8-5-9-13-20)29-17-18-16-22-21(23(18)28)14-15-27-24(22)26/h4-15,18,23,28H,16-17H2,1-3H3/t18-,23+/m0/s1. The second-order valence-electron chi connectivity index (χ2n) is 9.05. The van der Waals surface area contributed by atoms with Gasteiger partial charge in [0.1, 0.15) is 5.15 Å². The SMILES string of the molecule is CC(C)(C)[Si](OC[C@@H]1Cc2c(ccnc2Cl)[C@@H]1O)(c1ccccc1)c1ccccc1. The number of pyridine rings is 1. The molecule has 3 nitrogen and oxygen atoms in total. The molecule has 0 saturated carbocycles. The van der Waals surface area contributed by atoms with Gasteiger partial charge in [0.25, 0.3) is 8.32 Å². The van der Waals surface area contributed by atoms with Gasteiger partial charge in [-0.25, -0.2) is 4.98 Å². The third-order valence-electron chi connectivity index (χ3n) is 6.20. The van der Waals surface area contributed by atoms with E-state index in [0.717, 1.165) is 11.1 Å². The second-order valence-corrected chi connectivity index (χ2v) is 13.7. The van der Waals surface area contributed by atoms with E-state index in [-0.39, 0.29) is 11.0 Å². The van der Waals surface area contributed by atoms with E-state index in [1.54, 1.807) is 6.20 Å². The van der Waals surface area contributed by atoms with Gasteiger partial charge in [0.2, 0.25) is 0 Å². The van der Waals surface area contributed by atoms with Crippen LogP contribution >= 0.6 is 11.6 Å². The zero-order valence-corrected chi connectivity index (χ0v) is 19.4. The lowest BCUT2D eigenvalue weighted by atomic mass is 10.1. The van der Waals surface area contributed by atoms with Gasteiger partial charge >= 0.3 is 0 Å². The lowest BCUT2D eigenvalue weighted by Gasteiger charge is -2.43. The Balaban J connectivity index is 1.72. The maximum absolute atomic E-state index is 11.0. The molecule has 1 aliphatic carbocycles. The summed E-state index contributed by atoms with van der Waals surface area (Å²) >= 11 is 6.30. The Hall–Kier alpha value is -1.98. The predicted molar refractivity (Wildman–Crippen MR) is 125 cm³/mol. The Labute approximate surface area is 184 Å². The van der Waals surface area contributed by atoms with Crippen molar-refractivity contribution < 1.29 is 9.53 Å². The Bertz CT molecular complexity index is 965. The molecule has 4 rings (SSSR count). The molecule has 0 spiro atoms. The van der Waals surface area contributed by atoms with Crippen LogP contribution in [0.4, 0.5) is 0 Å². The quantitative estimate of drug-likeness (QED) is 0.471. The van der Waals surface area contributed by atoms with Gasteiger partial charge in [0.05, 0.1) is 6.10 Å². The maximum atomic E-state index is 11.0. The van der Waals surface area contributed by atoms with Crippen molar-refractivity contribution in [2.24, 2.45) is 5.92 Å². The number of aromatic nitrogens is 1. The van der Waals surface area contributed by atoms with Crippen molar-refractivity contribution >= 4 is 30.3 Å². The topological polar surface area (TPSA) is 42.4 Å². The van der Waals surface area contributed by atoms with Crippen LogP contribution < -0.4 is 10.4 Å². The van der Waals surface area contributed by atoms with E-state index < -0.39 is 14.4 Å². The number of benzene rings is 2. The summed E-state index contributed by atoms with van der Waals surface area (Å²) in [5, 5.41) is 13.8. The number of aliphatic hydroxyl groups excluding tert-OH is 1. The first kappa shape index (κ1) is 21.3. The van der Waals surface area contributed by atoms with E-state index in [4.69, 9.17) is 16.0 Å². The van der Waals surface area contributed by atoms with Gasteiger partial charge in [-0.3, -0.25) is 0 Å². The van der Waals surface area contributed by atoms with E-state index in [1.807, 2.05) is 18.2 Å². The van der Waals surface area contributed by atoms with Gasteiger partial charge in [-0.15, -0.1) is 0 Å². The highest BCUT2D eigenvalue weighted by atomic mass is 35.5. The molecule has 0 unspecified atom stereocenters. The van der Waals surface area contributed by atoms with Crippen molar-refractivity contribution in [1.29, 1.82) is 0 Å². The Kier molecular flexibility index (Phi) is 5.86. The average Bonchev–Trinajstić information content (AvgIpc) is 3.06. The molecule has 1 aliphatic rings. The van der Waals surface area contributed by atoms with Crippen molar-refractivity contribution in [2.75, 3.05) is 6.61 Å². The van der Waals surface area contributed by atoms with Crippen LogP contribution in [0.3, 0.4) is 0 Å². The molecular weight excluding hydrogens is 410 g/mol. The molecule has 156 valence electrons. The molecule has 0 bridgehead atoms. The van der Waals surface area contributed by atoms with E-state index in [0.29, 0.717) is 18.2 Å². The lowest BCUT2D eigenvalue weighted by Crippen LogP contribution is -2.67. The van der Waals surface area contributed by atoms with Gasteiger partial charge < -0.3 is 9.53 Å². The Morgan fingerprint density at radius 1 is 1.00 bits per heavy atom. The molecule has 2 atom stereocenters. The third-order valence-corrected chi connectivity index (χ3v) is 11.5. The van der Waals surface area contributed by atoms with Crippen LogP contribution in [0.5, 0.6) is 0 Å². The highest BCUT2D eigenvalue weighted by Gasteiger charge is 2.51. The first-order valence-electron chi connectivity index (χ1n) is 10.4. The van der Waals surface area contributed by atoms with Crippen molar-refractivity contribution in [3.63, 3.8) is 0 Å². The molecular formula is C25H28ClNO2Si. The highest BCUT2D eigenvalue weighted by Crippen LogP contribution is 2.41. The fraction of sp³-hybridized carbons (Fsp3) is 0.320. The molecule has 0 saturated heterocycles. The summed E-state index contributed by atoms with van der Waals surface area (Å²) in [4.78, 5) is 4.19. The third kappa shape index (κ3) is 3.63. The van der Waals surface area contributed by atoms with Crippen LogP contribution in [-0.4, -0.2) is 25.0 Å². The minimum Gasteiger partial charge on any atom is -0.407 e. The molecule has 0 fully saturated rings. The van der Waals surface area contributed by atoms with Gasteiger partial charge in [0.15, 0.2) is 0 Å². The average molecular weight is 438 g/mol. The molecule has 0 aliphatic heterocycles. The van der Waals surface area contributed by atoms with Crippen LogP contribution in [0.25, 0.3) is 0 Å². The van der Waals surface area contributed by atoms with Gasteiger partial charge in [-0.2, -0.15) is 0 Å². The number of rotatable bonds is 5. The van der Waals surface area contributed by atoms with Crippen LogP contribution in [0.2, 0.25) is 10.2 Å². The minimum atomic E-state index is -2.62. The monoisotopic (exact) mass is 437 g/mol. The van der Waals surface area contributed by atoms with Gasteiger partial charge in [-0.05, 0) is 39.0 Å². The van der Waals surface area contributed by atoms with E-state index >= 15 is 0 Å². The number of aliphatic hydroxyl groups is 1. The maximum Gasteiger partial charge on any atom is 0.261 e. The second kappa shape index (κ2) is 8.27. The molecule has 2 aromatic carbocycles. The number of hydrogen-bond donors (Lipinski definition) is 1. The number of halogens is 1. The minimum absolute atomic E-state index is 0.0386. The summed E-state index contributed by atoms with van der Waals surface area (Å²) in [6.07, 6.45) is 1.76. The zero-order valence-electron chi connectivity index (χ0n) is 17.7. The fourth-order valence-corrected chi connectivity index (χ4v) is 9.59. The lowest BCUT2D eigenvalue weighted by molar-refractivity contribution is 0.0852.